The number of carbonyl (C=O) groups is 3. The molecule has 0 spiro atoms. The van der Waals surface area contributed by atoms with Crippen LogP contribution < -0.4 is 10.6 Å². The van der Waals surface area contributed by atoms with E-state index in [1.807, 2.05) is 20.8 Å². The lowest BCUT2D eigenvalue weighted by Gasteiger charge is -2.22. The van der Waals surface area contributed by atoms with E-state index in [-0.39, 0.29) is 28.7 Å². The van der Waals surface area contributed by atoms with Crippen molar-refractivity contribution in [3.05, 3.63) is 69.1 Å². The summed E-state index contributed by atoms with van der Waals surface area (Å²) in [5.41, 5.74) is 0.971. The van der Waals surface area contributed by atoms with Gasteiger partial charge in [0.2, 0.25) is 0 Å². The molecule has 0 aliphatic heterocycles. The molecule has 11 heteroatoms. The predicted octanol–water partition coefficient (Wildman–Crippen LogP) is 4.73. The van der Waals surface area contributed by atoms with Crippen molar-refractivity contribution < 1.29 is 19.1 Å². The highest BCUT2D eigenvalue weighted by molar-refractivity contribution is 6.32. The second-order valence-corrected chi connectivity index (χ2v) is 9.67. The summed E-state index contributed by atoms with van der Waals surface area (Å²) >= 11 is 12.5. The number of amides is 2. The highest BCUT2D eigenvalue weighted by Crippen LogP contribution is 2.28. The highest BCUT2D eigenvalue weighted by Gasteiger charge is 2.24. The lowest BCUT2D eigenvalue weighted by Crippen LogP contribution is -2.41. The van der Waals surface area contributed by atoms with Gasteiger partial charge in [0.15, 0.2) is 5.82 Å². The van der Waals surface area contributed by atoms with Crippen LogP contribution in [0.15, 0.2) is 36.5 Å². The fraction of sp³-hybridized carbons (Fsp3) is 0.292. The maximum Gasteiger partial charge on any atom is 0.303 e. The molecule has 2 aromatic heterocycles. The zero-order chi connectivity index (χ0) is 25.9. The van der Waals surface area contributed by atoms with Crippen molar-refractivity contribution in [3.8, 4) is 5.82 Å². The molecule has 0 aliphatic carbocycles. The van der Waals surface area contributed by atoms with Gasteiger partial charge in [0.25, 0.3) is 11.8 Å². The number of nitrogens with one attached hydrogen (secondary N) is 2. The van der Waals surface area contributed by atoms with Gasteiger partial charge < -0.3 is 15.4 Å². The van der Waals surface area contributed by atoms with Crippen LogP contribution in [0.2, 0.25) is 10.0 Å². The van der Waals surface area contributed by atoms with Gasteiger partial charge in [0.1, 0.15) is 18.0 Å². The molecule has 184 valence electrons. The van der Waals surface area contributed by atoms with Gasteiger partial charge in [0.05, 0.1) is 16.3 Å². The number of aryl methyl sites for hydroxylation is 1. The summed E-state index contributed by atoms with van der Waals surface area (Å²) < 4.78 is 6.28. The van der Waals surface area contributed by atoms with E-state index in [1.165, 1.54) is 29.9 Å². The minimum absolute atomic E-state index is 0.0734. The van der Waals surface area contributed by atoms with Crippen LogP contribution in [0.5, 0.6) is 0 Å². The summed E-state index contributed by atoms with van der Waals surface area (Å²) in [5.74, 6) is -1.25. The number of pyridine rings is 1. The van der Waals surface area contributed by atoms with Gasteiger partial charge in [-0.05, 0) is 63.6 Å². The summed E-state index contributed by atoms with van der Waals surface area (Å²) in [6, 6.07) is 7.85. The zero-order valence-corrected chi connectivity index (χ0v) is 21.4. The largest absolute Gasteiger partial charge is 0.459 e. The Morgan fingerprint density at radius 3 is 2.46 bits per heavy atom. The van der Waals surface area contributed by atoms with E-state index in [4.69, 9.17) is 27.9 Å². The number of rotatable bonds is 6. The normalized spacial score (nSPS) is 11.2. The Kier molecular flexibility index (Phi) is 7.82. The van der Waals surface area contributed by atoms with E-state index in [0.717, 1.165) is 0 Å². The second kappa shape index (κ2) is 10.5. The van der Waals surface area contributed by atoms with E-state index in [9.17, 15) is 14.4 Å². The quantitative estimate of drug-likeness (QED) is 0.456. The summed E-state index contributed by atoms with van der Waals surface area (Å²) in [6.07, 6.45) is 1.51. The molecule has 2 amide bonds. The maximum atomic E-state index is 13.5. The van der Waals surface area contributed by atoms with Crippen molar-refractivity contribution in [2.75, 3.05) is 5.32 Å². The van der Waals surface area contributed by atoms with E-state index < -0.39 is 23.3 Å². The topological polar surface area (TPSA) is 115 Å². The van der Waals surface area contributed by atoms with Crippen molar-refractivity contribution in [2.24, 2.45) is 0 Å². The van der Waals surface area contributed by atoms with Crippen LogP contribution in [-0.2, 0) is 16.1 Å². The first-order chi connectivity index (χ1) is 16.4. The minimum atomic E-state index is -0.580. The lowest BCUT2D eigenvalue weighted by atomic mass is 10.0. The van der Waals surface area contributed by atoms with Crippen LogP contribution in [0.3, 0.4) is 0 Å². The SMILES string of the molecule is CC(=O)OCc1cc(C(=O)Nc2c(C)cc(Cl)cc2C(=O)NC(C)(C)C)n(-c2ncccc2Cl)n1. The average molecular weight is 518 g/mol. The lowest BCUT2D eigenvalue weighted by molar-refractivity contribution is -0.142. The van der Waals surface area contributed by atoms with Crippen LogP contribution in [0.4, 0.5) is 5.69 Å². The molecule has 2 N–H and O–H groups in total. The summed E-state index contributed by atoms with van der Waals surface area (Å²) in [6.45, 7) is 8.40. The Morgan fingerprint density at radius 1 is 1.11 bits per heavy atom. The van der Waals surface area contributed by atoms with Crippen LogP contribution in [0, 0.1) is 6.92 Å². The highest BCUT2D eigenvalue weighted by atomic mass is 35.5. The number of hydrogen-bond acceptors (Lipinski definition) is 6. The number of aromatic nitrogens is 3. The fourth-order valence-electron chi connectivity index (χ4n) is 3.21. The summed E-state index contributed by atoms with van der Waals surface area (Å²) in [7, 11) is 0. The minimum Gasteiger partial charge on any atom is -0.459 e. The number of esters is 1. The molecule has 1 aromatic carbocycles. The molecule has 0 saturated heterocycles. The third-order valence-corrected chi connectivity index (χ3v) is 5.14. The maximum absolute atomic E-state index is 13.5. The Bertz CT molecular complexity index is 1300. The Morgan fingerprint density at radius 2 is 1.83 bits per heavy atom. The average Bonchev–Trinajstić information content (AvgIpc) is 3.17. The van der Waals surface area contributed by atoms with Gasteiger partial charge in [-0.1, -0.05) is 23.2 Å². The number of nitrogens with zero attached hydrogens (tertiary/aromatic N) is 3. The summed E-state index contributed by atoms with van der Waals surface area (Å²) in [4.78, 5) is 41.9. The van der Waals surface area contributed by atoms with Crippen LogP contribution in [0.1, 0.15) is 59.8 Å². The van der Waals surface area contributed by atoms with Gasteiger partial charge in [-0.2, -0.15) is 5.10 Å². The first-order valence-corrected chi connectivity index (χ1v) is 11.4. The van der Waals surface area contributed by atoms with Gasteiger partial charge >= 0.3 is 5.97 Å². The van der Waals surface area contributed by atoms with E-state index in [2.05, 4.69) is 20.7 Å². The van der Waals surface area contributed by atoms with Gasteiger partial charge in [-0.25, -0.2) is 9.67 Å². The van der Waals surface area contributed by atoms with Crippen molar-refractivity contribution in [2.45, 2.75) is 46.8 Å². The summed E-state index contributed by atoms with van der Waals surface area (Å²) in [5, 5.41) is 10.6. The molecule has 0 fully saturated rings. The van der Waals surface area contributed by atoms with Crippen LogP contribution >= 0.6 is 23.2 Å². The molecule has 3 rings (SSSR count). The van der Waals surface area contributed by atoms with Crippen molar-refractivity contribution in [1.82, 2.24) is 20.1 Å². The first-order valence-electron chi connectivity index (χ1n) is 10.6. The monoisotopic (exact) mass is 517 g/mol. The molecule has 0 aliphatic rings. The Hall–Kier alpha value is -3.43. The molecule has 9 nitrogen and oxygen atoms in total. The van der Waals surface area contributed by atoms with E-state index in [1.54, 1.807) is 25.1 Å². The third-order valence-electron chi connectivity index (χ3n) is 4.63. The fourth-order valence-corrected chi connectivity index (χ4v) is 3.68. The number of anilines is 1. The van der Waals surface area contributed by atoms with Crippen LogP contribution in [0.25, 0.3) is 5.82 Å². The van der Waals surface area contributed by atoms with Gasteiger partial charge in [-0.15, -0.1) is 0 Å². The number of ether oxygens (including phenoxy) is 1. The van der Waals surface area contributed by atoms with E-state index in [0.29, 0.717) is 22.0 Å². The predicted molar refractivity (Wildman–Crippen MR) is 133 cm³/mol. The molecule has 0 radical (unpaired) electrons. The standard InChI is InChI=1S/C24H25Cl2N5O4/c1-13-9-15(25)10-17(22(33)29-24(3,4)5)20(13)28-23(34)19-11-16(12-35-14(2)32)30-31(19)21-18(26)7-6-8-27-21/h6-11H,12H2,1-5H3,(H,28,34)(H,29,33). The van der Waals surface area contributed by atoms with Crippen molar-refractivity contribution in [1.29, 1.82) is 0 Å². The molecule has 3 aromatic rings. The Balaban J connectivity index is 2.05. The van der Waals surface area contributed by atoms with E-state index >= 15 is 0 Å². The zero-order valence-electron chi connectivity index (χ0n) is 19.9. The molecule has 2 heterocycles. The molecule has 0 saturated carbocycles. The van der Waals surface area contributed by atoms with Crippen molar-refractivity contribution in [3.63, 3.8) is 0 Å². The van der Waals surface area contributed by atoms with Crippen LogP contribution in [-0.4, -0.2) is 38.1 Å². The van der Waals surface area contributed by atoms with Crippen molar-refractivity contribution >= 4 is 46.7 Å². The molecule has 0 unspecified atom stereocenters. The number of hydrogen-bond donors (Lipinski definition) is 2. The van der Waals surface area contributed by atoms with Gasteiger partial charge in [-0.3, -0.25) is 14.4 Å². The molecule has 35 heavy (non-hydrogen) atoms. The number of halogens is 2. The second-order valence-electron chi connectivity index (χ2n) is 8.83. The molecular weight excluding hydrogens is 493 g/mol. The number of benzene rings is 1. The van der Waals surface area contributed by atoms with Gasteiger partial charge in [0, 0.05) is 23.7 Å². The smallest absolute Gasteiger partial charge is 0.303 e. The molecule has 0 bridgehead atoms. The molecular formula is C24H25Cl2N5O4. The third kappa shape index (κ3) is 6.58. The molecule has 0 atom stereocenters. The Labute approximate surface area is 212 Å². The number of carbonyl (C=O) groups excluding carboxylic acids is 3. The first kappa shape index (κ1) is 26.2.